The van der Waals surface area contributed by atoms with Crippen LogP contribution in [0.25, 0.3) is 0 Å². The fourth-order valence-electron chi connectivity index (χ4n) is 3.05. The molecule has 1 aromatic carbocycles. The third-order valence-corrected chi connectivity index (χ3v) is 4.72. The van der Waals surface area contributed by atoms with Crippen LogP contribution in [0.15, 0.2) is 23.2 Å². The third kappa shape index (κ3) is 6.04. The normalized spacial score (nSPS) is 18.3. The molecule has 1 aromatic rings. The molecule has 0 aliphatic carbocycles. The maximum absolute atomic E-state index is 13.7. The predicted molar refractivity (Wildman–Crippen MR) is 110 cm³/mol. The van der Waals surface area contributed by atoms with E-state index in [9.17, 15) is 4.39 Å². The minimum atomic E-state index is -0.258. The molecule has 2 N–H and O–H groups in total. The Morgan fingerprint density at radius 3 is 2.88 bits per heavy atom. The molecular formula is C17H27ClFIN4. The first-order valence-corrected chi connectivity index (χ1v) is 8.65. The van der Waals surface area contributed by atoms with E-state index < -0.39 is 0 Å². The van der Waals surface area contributed by atoms with Gasteiger partial charge in [0.15, 0.2) is 5.96 Å². The molecule has 1 atom stereocenters. The van der Waals surface area contributed by atoms with E-state index in [4.69, 9.17) is 11.6 Å². The van der Waals surface area contributed by atoms with Crippen LogP contribution in [0, 0.1) is 5.82 Å². The van der Waals surface area contributed by atoms with Gasteiger partial charge in [0.05, 0.1) is 0 Å². The molecule has 0 amide bonds. The highest BCUT2D eigenvalue weighted by Gasteiger charge is 2.22. The summed E-state index contributed by atoms with van der Waals surface area (Å²) < 4.78 is 13.7. The molecule has 0 aromatic heterocycles. The summed E-state index contributed by atoms with van der Waals surface area (Å²) in [6, 6.07) is 5.34. The van der Waals surface area contributed by atoms with Crippen LogP contribution in [0.2, 0.25) is 5.02 Å². The number of rotatable bonds is 6. The minimum Gasteiger partial charge on any atom is -0.356 e. The van der Waals surface area contributed by atoms with Crippen molar-refractivity contribution in [2.45, 2.75) is 32.2 Å². The number of hydrogen-bond donors (Lipinski definition) is 2. The Labute approximate surface area is 166 Å². The van der Waals surface area contributed by atoms with Crippen molar-refractivity contribution in [3.8, 4) is 0 Å². The molecule has 24 heavy (non-hydrogen) atoms. The van der Waals surface area contributed by atoms with Crippen LogP contribution in [0.3, 0.4) is 0 Å². The first-order valence-electron chi connectivity index (χ1n) is 8.27. The number of aliphatic imine (C=N–C) groups is 1. The topological polar surface area (TPSA) is 39.7 Å². The maximum atomic E-state index is 13.7. The molecule has 0 radical (unpaired) electrons. The van der Waals surface area contributed by atoms with Gasteiger partial charge in [0, 0.05) is 36.8 Å². The Balaban J connectivity index is 0.00000288. The number of nitrogens with one attached hydrogen (secondary N) is 2. The summed E-state index contributed by atoms with van der Waals surface area (Å²) in [6.45, 7) is 5.94. The lowest BCUT2D eigenvalue weighted by Crippen LogP contribution is -2.45. The number of guanidine groups is 1. The van der Waals surface area contributed by atoms with Crippen molar-refractivity contribution in [3.63, 3.8) is 0 Å². The van der Waals surface area contributed by atoms with Crippen LogP contribution in [0.5, 0.6) is 0 Å². The van der Waals surface area contributed by atoms with Crippen molar-refractivity contribution in [1.29, 1.82) is 0 Å². The van der Waals surface area contributed by atoms with Gasteiger partial charge in [0.25, 0.3) is 0 Å². The van der Waals surface area contributed by atoms with Crippen LogP contribution in [0.1, 0.15) is 25.3 Å². The third-order valence-electron chi connectivity index (χ3n) is 4.36. The summed E-state index contributed by atoms with van der Waals surface area (Å²) >= 11 is 6.04. The highest BCUT2D eigenvalue weighted by atomic mass is 127. The molecule has 0 spiro atoms. The molecule has 1 heterocycles. The molecule has 136 valence electrons. The minimum absolute atomic E-state index is 0. The van der Waals surface area contributed by atoms with Crippen molar-refractivity contribution in [1.82, 2.24) is 15.5 Å². The number of likely N-dealkylation sites (N-methyl/N-ethyl adjacent to an activating group) is 1. The van der Waals surface area contributed by atoms with E-state index in [0.29, 0.717) is 29.6 Å². The zero-order chi connectivity index (χ0) is 16.7. The predicted octanol–water partition coefficient (Wildman–Crippen LogP) is 3.29. The molecule has 1 unspecified atom stereocenters. The van der Waals surface area contributed by atoms with E-state index in [2.05, 4.69) is 27.4 Å². The molecule has 1 fully saturated rings. The second-order valence-electron chi connectivity index (χ2n) is 5.75. The van der Waals surface area contributed by atoms with Gasteiger partial charge in [-0.1, -0.05) is 24.6 Å². The summed E-state index contributed by atoms with van der Waals surface area (Å²) in [5, 5.41) is 7.06. The van der Waals surface area contributed by atoms with Crippen LogP contribution in [-0.4, -0.2) is 50.1 Å². The van der Waals surface area contributed by atoms with Gasteiger partial charge < -0.3 is 10.6 Å². The van der Waals surface area contributed by atoms with Crippen molar-refractivity contribution >= 4 is 41.5 Å². The number of benzene rings is 1. The Morgan fingerprint density at radius 2 is 2.21 bits per heavy atom. The zero-order valence-corrected chi connectivity index (χ0v) is 17.4. The molecule has 4 nitrogen and oxygen atoms in total. The highest BCUT2D eigenvalue weighted by molar-refractivity contribution is 14.0. The molecular weight excluding hydrogens is 442 g/mol. The maximum Gasteiger partial charge on any atom is 0.191 e. The number of hydrogen-bond acceptors (Lipinski definition) is 2. The lowest BCUT2D eigenvalue weighted by molar-refractivity contribution is 0.267. The Morgan fingerprint density at radius 1 is 1.42 bits per heavy atom. The van der Waals surface area contributed by atoms with Gasteiger partial charge in [-0.25, -0.2) is 4.39 Å². The van der Waals surface area contributed by atoms with E-state index in [0.717, 1.165) is 19.0 Å². The molecule has 1 aliphatic heterocycles. The average molecular weight is 469 g/mol. The van der Waals surface area contributed by atoms with Crippen molar-refractivity contribution < 1.29 is 4.39 Å². The largest absolute Gasteiger partial charge is 0.356 e. The van der Waals surface area contributed by atoms with Gasteiger partial charge >= 0.3 is 0 Å². The summed E-state index contributed by atoms with van der Waals surface area (Å²) in [7, 11) is 1.75. The van der Waals surface area contributed by atoms with E-state index in [1.807, 2.05) is 0 Å². The van der Waals surface area contributed by atoms with Gasteiger partial charge in [-0.15, -0.1) is 24.0 Å². The van der Waals surface area contributed by atoms with Crippen molar-refractivity contribution in [3.05, 3.63) is 34.6 Å². The van der Waals surface area contributed by atoms with E-state index in [-0.39, 0.29) is 29.8 Å². The SMILES string of the molecule is CCN1CCCC1CNC(=NC)NCCc1c(F)cccc1Cl.I. The summed E-state index contributed by atoms with van der Waals surface area (Å²) in [4.78, 5) is 6.71. The van der Waals surface area contributed by atoms with Crippen LogP contribution in [0.4, 0.5) is 4.39 Å². The second-order valence-corrected chi connectivity index (χ2v) is 6.16. The molecule has 0 saturated carbocycles. The Hall–Kier alpha value is -0.600. The summed E-state index contributed by atoms with van der Waals surface area (Å²) in [5.41, 5.74) is 0.546. The first-order chi connectivity index (χ1) is 11.2. The van der Waals surface area contributed by atoms with E-state index >= 15 is 0 Å². The van der Waals surface area contributed by atoms with Crippen molar-refractivity contribution in [2.75, 3.05) is 33.2 Å². The lowest BCUT2D eigenvalue weighted by atomic mass is 10.1. The molecule has 1 saturated heterocycles. The lowest BCUT2D eigenvalue weighted by Gasteiger charge is -2.24. The first kappa shape index (κ1) is 21.4. The number of likely N-dealkylation sites (tertiary alicyclic amines) is 1. The zero-order valence-electron chi connectivity index (χ0n) is 14.3. The average Bonchev–Trinajstić information content (AvgIpc) is 3.00. The number of halogens is 3. The Kier molecular flexibility index (Phi) is 9.92. The molecule has 0 bridgehead atoms. The molecule has 2 rings (SSSR count). The monoisotopic (exact) mass is 468 g/mol. The van der Waals surface area contributed by atoms with Crippen molar-refractivity contribution in [2.24, 2.45) is 4.99 Å². The van der Waals surface area contributed by atoms with Crippen LogP contribution >= 0.6 is 35.6 Å². The van der Waals surface area contributed by atoms with Gasteiger partial charge in [-0.05, 0) is 44.5 Å². The quantitative estimate of drug-likeness (QED) is 0.382. The fraction of sp³-hybridized carbons (Fsp3) is 0.588. The Bertz CT molecular complexity index is 521. The van der Waals surface area contributed by atoms with Crippen LogP contribution < -0.4 is 10.6 Å². The molecule has 7 heteroatoms. The van der Waals surface area contributed by atoms with Crippen LogP contribution in [-0.2, 0) is 6.42 Å². The smallest absolute Gasteiger partial charge is 0.191 e. The second kappa shape index (κ2) is 11.1. The summed E-state index contributed by atoms with van der Waals surface area (Å²) in [5.74, 6) is 0.493. The standard InChI is InChI=1S/C17H26ClFN4.HI/c1-3-23-11-5-6-13(23)12-22-17(20-2)21-10-9-14-15(18)7-4-8-16(14)19;/h4,7-8,13H,3,5-6,9-12H2,1-2H3,(H2,20,21,22);1H. The summed E-state index contributed by atoms with van der Waals surface area (Å²) in [6.07, 6.45) is 3.01. The van der Waals surface area contributed by atoms with Gasteiger partial charge in [-0.3, -0.25) is 9.89 Å². The highest BCUT2D eigenvalue weighted by Crippen LogP contribution is 2.19. The van der Waals surface area contributed by atoms with E-state index in [1.54, 1.807) is 19.2 Å². The van der Waals surface area contributed by atoms with Gasteiger partial charge in [0.1, 0.15) is 5.82 Å². The van der Waals surface area contributed by atoms with Gasteiger partial charge in [-0.2, -0.15) is 0 Å². The number of nitrogens with zero attached hydrogens (tertiary/aromatic N) is 2. The molecule has 1 aliphatic rings. The van der Waals surface area contributed by atoms with Gasteiger partial charge in [0.2, 0.25) is 0 Å². The van der Waals surface area contributed by atoms with E-state index in [1.165, 1.54) is 25.5 Å². The fourth-order valence-corrected chi connectivity index (χ4v) is 3.31.